The van der Waals surface area contributed by atoms with Crippen LogP contribution in [0.1, 0.15) is 0 Å². The molecule has 0 saturated heterocycles. The summed E-state index contributed by atoms with van der Waals surface area (Å²) in [6.45, 7) is 0.0782. The Bertz CT molecular complexity index is 367. The minimum absolute atomic E-state index is 0.0782. The molecule has 0 bridgehead atoms. The first-order valence-corrected chi connectivity index (χ1v) is 5.04. The Kier molecular flexibility index (Phi) is 4.74. The molecule has 0 fully saturated rings. The third-order valence-electron chi connectivity index (χ3n) is 1.90. The Labute approximate surface area is 99.3 Å². The van der Waals surface area contributed by atoms with Gasteiger partial charge < -0.3 is 14.2 Å². The van der Waals surface area contributed by atoms with E-state index in [9.17, 15) is 0 Å². The van der Waals surface area contributed by atoms with E-state index < -0.39 is 5.38 Å². The standard InChI is InChI=1S/C11H12ClNO3/c1-14-9-4-3-5-10(15-2)11(9)16-7-8(12)6-13/h3-5,8H,7H2,1-2H3. The summed E-state index contributed by atoms with van der Waals surface area (Å²) in [5.74, 6) is 1.54. The predicted octanol–water partition coefficient (Wildman–Crippen LogP) is 2.21. The lowest BCUT2D eigenvalue weighted by Gasteiger charge is -2.13. The molecule has 0 amide bonds. The van der Waals surface area contributed by atoms with Crippen molar-refractivity contribution in [2.45, 2.75) is 5.38 Å². The molecule has 0 heterocycles. The summed E-state index contributed by atoms with van der Waals surface area (Å²) < 4.78 is 15.6. The maximum absolute atomic E-state index is 8.54. The summed E-state index contributed by atoms with van der Waals surface area (Å²) in [5.41, 5.74) is 0. The summed E-state index contributed by atoms with van der Waals surface area (Å²) in [6.07, 6.45) is 0. The van der Waals surface area contributed by atoms with E-state index in [0.29, 0.717) is 17.2 Å². The average molecular weight is 242 g/mol. The van der Waals surface area contributed by atoms with Gasteiger partial charge >= 0.3 is 0 Å². The number of hydrogen-bond donors (Lipinski definition) is 0. The molecule has 0 aromatic heterocycles. The molecule has 86 valence electrons. The zero-order valence-electron chi connectivity index (χ0n) is 9.07. The van der Waals surface area contributed by atoms with Crippen LogP contribution < -0.4 is 14.2 Å². The second-order valence-electron chi connectivity index (χ2n) is 2.90. The number of nitrogens with zero attached hydrogens (tertiary/aromatic N) is 1. The molecule has 1 rings (SSSR count). The number of methoxy groups -OCH3 is 2. The Hall–Kier alpha value is -1.60. The Morgan fingerprint density at radius 1 is 1.31 bits per heavy atom. The summed E-state index contributed by atoms with van der Waals surface area (Å²) >= 11 is 5.64. The first-order valence-electron chi connectivity index (χ1n) is 4.60. The highest BCUT2D eigenvalue weighted by atomic mass is 35.5. The lowest BCUT2D eigenvalue weighted by molar-refractivity contribution is 0.282. The number of halogens is 1. The van der Waals surface area contributed by atoms with E-state index in [1.165, 1.54) is 14.2 Å². The fraction of sp³-hybridized carbons (Fsp3) is 0.364. The highest BCUT2D eigenvalue weighted by Crippen LogP contribution is 2.36. The third kappa shape index (κ3) is 2.94. The zero-order chi connectivity index (χ0) is 12.0. The van der Waals surface area contributed by atoms with Crippen LogP contribution in [0.2, 0.25) is 0 Å². The van der Waals surface area contributed by atoms with Crippen LogP contribution in [0.4, 0.5) is 0 Å². The molecule has 0 radical (unpaired) electrons. The SMILES string of the molecule is COc1cccc(OC)c1OCC(Cl)C#N. The van der Waals surface area contributed by atoms with E-state index in [1.54, 1.807) is 18.2 Å². The fourth-order valence-corrected chi connectivity index (χ4v) is 1.22. The van der Waals surface area contributed by atoms with Crippen molar-refractivity contribution in [3.05, 3.63) is 18.2 Å². The summed E-state index contributed by atoms with van der Waals surface area (Å²) in [6, 6.07) is 7.14. The maximum Gasteiger partial charge on any atom is 0.203 e. The van der Waals surface area contributed by atoms with Crippen molar-refractivity contribution >= 4 is 11.6 Å². The maximum atomic E-state index is 8.54. The van der Waals surface area contributed by atoms with Gasteiger partial charge in [-0.1, -0.05) is 6.07 Å². The van der Waals surface area contributed by atoms with Gasteiger partial charge in [-0.25, -0.2) is 0 Å². The van der Waals surface area contributed by atoms with Gasteiger partial charge in [-0.3, -0.25) is 0 Å². The van der Waals surface area contributed by atoms with Gasteiger partial charge in [0.2, 0.25) is 5.75 Å². The van der Waals surface area contributed by atoms with Crippen LogP contribution in [0, 0.1) is 11.3 Å². The van der Waals surface area contributed by atoms with Crippen LogP contribution in [-0.4, -0.2) is 26.2 Å². The second kappa shape index (κ2) is 6.09. The molecular weight excluding hydrogens is 230 g/mol. The van der Waals surface area contributed by atoms with Crippen LogP contribution >= 0.6 is 11.6 Å². The van der Waals surface area contributed by atoms with Crippen LogP contribution in [0.25, 0.3) is 0 Å². The topological polar surface area (TPSA) is 51.5 Å². The minimum Gasteiger partial charge on any atom is -0.493 e. The molecule has 5 heteroatoms. The van der Waals surface area contributed by atoms with E-state index in [2.05, 4.69) is 0 Å². The van der Waals surface area contributed by atoms with Crippen molar-refractivity contribution in [2.75, 3.05) is 20.8 Å². The number of rotatable bonds is 5. The first kappa shape index (κ1) is 12.5. The summed E-state index contributed by atoms with van der Waals surface area (Å²) in [5, 5.41) is 7.84. The van der Waals surface area contributed by atoms with Gasteiger partial charge in [-0.05, 0) is 12.1 Å². The quantitative estimate of drug-likeness (QED) is 0.742. The predicted molar refractivity (Wildman–Crippen MR) is 60.3 cm³/mol. The zero-order valence-corrected chi connectivity index (χ0v) is 9.82. The lowest BCUT2D eigenvalue weighted by Crippen LogP contribution is -2.10. The Balaban J connectivity index is 2.87. The van der Waals surface area contributed by atoms with Crippen molar-refractivity contribution in [1.82, 2.24) is 0 Å². The van der Waals surface area contributed by atoms with Crippen LogP contribution in [0.15, 0.2) is 18.2 Å². The van der Waals surface area contributed by atoms with Crippen LogP contribution in [0.3, 0.4) is 0 Å². The smallest absolute Gasteiger partial charge is 0.203 e. The number of hydrogen-bond acceptors (Lipinski definition) is 4. The number of alkyl halides is 1. The third-order valence-corrected chi connectivity index (χ3v) is 2.12. The van der Waals surface area contributed by atoms with E-state index in [4.69, 9.17) is 31.1 Å². The number of nitriles is 1. The largest absolute Gasteiger partial charge is 0.493 e. The first-order chi connectivity index (χ1) is 7.72. The molecular formula is C11H12ClNO3. The van der Waals surface area contributed by atoms with Crippen molar-refractivity contribution in [1.29, 1.82) is 5.26 Å². The van der Waals surface area contributed by atoms with Gasteiger partial charge in [0.15, 0.2) is 16.9 Å². The molecule has 1 aromatic rings. The molecule has 1 aromatic carbocycles. The highest BCUT2D eigenvalue weighted by molar-refractivity contribution is 6.22. The second-order valence-corrected chi connectivity index (χ2v) is 3.43. The van der Waals surface area contributed by atoms with E-state index in [1.807, 2.05) is 6.07 Å². The van der Waals surface area contributed by atoms with Gasteiger partial charge in [-0.15, -0.1) is 11.6 Å². The van der Waals surface area contributed by atoms with Gasteiger partial charge in [-0.2, -0.15) is 5.26 Å². The lowest BCUT2D eigenvalue weighted by atomic mass is 10.3. The molecule has 0 aliphatic carbocycles. The van der Waals surface area contributed by atoms with Gasteiger partial charge in [0.25, 0.3) is 0 Å². The van der Waals surface area contributed by atoms with Gasteiger partial charge in [0.05, 0.1) is 20.3 Å². The Morgan fingerprint density at radius 3 is 2.31 bits per heavy atom. The monoisotopic (exact) mass is 241 g/mol. The minimum atomic E-state index is -0.699. The van der Waals surface area contributed by atoms with Crippen molar-refractivity contribution in [3.63, 3.8) is 0 Å². The highest BCUT2D eigenvalue weighted by Gasteiger charge is 2.13. The summed E-state index contributed by atoms with van der Waals surface area (Å²) in [7, 11) is 3.06. The number of para-hydroxylation sites is 1. The van der Waals surface area contributed by atoms with Crippen molar-refractivity contribution in [2.24, 2.45) is 0 Å². The number of benzene rings is 1. The van der Waals surface area contributed by atoms with E-state index >= 15 is 0 Å². The number of ether oxygens (including phenoxy) is 3. The molecule has 16 heavy (non-hydrogen) atoms. The van der Waals surface area contributed by atoms with Crippen LogP contribution in [0.5, 0.6) is 17.2 Å². The average Bonchev–Trinajstić information content (AvgIpc) is 2.35. The van der Waals surface area contributed by atoms with Crippen molar-refractivity contribution < 1.29 is 14.2 Å². The molecule has 1 atom stereocenters. The van der Waals surface area contributed by atoms with Gasteiger partial charge in [0.1, 0.15) is 6.61 Å². The fourth-order valence-electron chi connectivity index (χ4n) is 1.15. The molecule has 4 nitrogen and oxygen atoms in total. The molecule has 1 unspecified atom stereocenters. The summed E-state index contributed by atoms with van der Waals surface area (Å²) in [4.78, 5) is 0. The Morgan fingerprint density at radius 2 is 1.88 bits per heavy atom. The van der Waals surface area contributed by atoms with Crippen molar-refractivity contribution in [3.8, 4) is 23.3 Å². The molecule has 0 saturated carbocycles. The van der Waals surface area contributed by atoms with Crippen LogP contribution in [-0.2, 0) is 0 Å². The molecule has 0 aliphatic heterocycles. The molecule has 0 N–H and O–H groups in total. The molecule has 0 spiro atoms. The van der Waals surface area contributed by atoms with Gasteiger partial charge in [0, 0.05) is 0 Å². The van der Waals surface area contributed by atoms with E-state index in [0.717, 1.165) is 0 Å². The van der Waals surface area contributed by atoms with E-state index in [-0.39, 0.29) is 6.61 Å². The normalized spacial score (nSPS) is 11.4. The molecule has 0 aliphatic rings.